The molecule has 1 rings (SSSR count). The Labute approximate surface area is 126 Å². The number of ether oxygens (including phenoxy) is 1. The fourth-order valence-corrected chi connectivity index (χ4v) is 2.68. The van der Waals surface area contributed by atoms with Crippen LogP contribution in [-0.4, -0.2) is 44.2 Å². The number of esters is 1. The number of hydrogen-bond donors (Lipinski definition) is 3. The van der Waals surface area contributed by atoms with Crippen molar-refractivity contribution in [2.24, 2.45) is 5.73 Å². The van der Waals surface area contributed by atoms with Gasteiger partial charge < -0.3 is 15.6 Å². The van der Waals surface area contributed by atoms with Gasteiger partial charge in [-0.2, -0.15) is 4.72 Å². The van der Waals surface area contributed by atoms with Gasteiger partial charge in [0.15, 0.2) is 6.61 Å². The zero-order chi connectivity index (χ0) is 16.9. The SMILES string of the molecule is C[C@H](O)[C@H](NS(=O)(=O)c1ccc(F)cc1)C(=O)OCC(N)=O. The van der Waals surface area contributed by atoms with E-state index in [1.807, 2.05) is 4.72 Å². The number of rotatable bonds is 7. The fourth-order valence-electron chi connectivity index (χ4n) is 1.42. The molecule has 0 aliphatic rings. The number of sulfonamides is 1. The molecule has 0 aliphatic carbocycles. The van der Waals surface area contributed by atoms with Gasteiger partial charge in [-0.1, -0.05) is 0 Å². The van der Waals surface area contributed by atoms with Gasteiger partial charge >= 0.3 is 5.97 Å². The molecule has 0 spiro atoms. The third-order valence-electron chi connectivity index (χ3n) is 2.50. The van der Waals surface area contributed by atoms with Crippen LogP contribution in [-0.2, 0) is 24.3 Å². The average Bonchev–Trinajstić information content (AvgIpc) is 2.42. The Bertz CT molecular complexity index is 644. The number of amides is 1. The summed E-state index contributed by atoms with van der Waals surface area (Å²) in [5.74, 6) is -2.73. The largest absolute Gasteiger partial charge is 0.454 e. The van der Waals surface area contributed by atoms with Crippen molar-refractivity contribution in [3.05, 3.63) is 30.1 Å². The normalized spacial score (nSPS) is 14.1. The van der Waals surface area contributed by atoms with Gasteiger partial charge in [0.1, 0.15) is 11.9 Å². The molecule has 0 radical (unpaired) electrons. The highest BCUT2D eigenvalue weighted by atomic mass is 32.2. The molecule has 0 aromatic heterocycles. The Morgan fingerprint density at radius 3 is 2.36 bits per heavy atom. The smallest absolute Gasteiger partial charge is 0.327 e. The van der Waals surface area contributed by atoms with E-state index in [4.69, 9.17) is 5.73 Å². The van der Waals surface area contributed by atoms with Gasteiger partial charge in [0.25, 0.3) is 5.91 Å². The minimum Gasteiger partial charge on any atom is -0.454 e. The van der Waals surface area contributed by atoms with Crippen molar-refractivity contribution in [3.8, 4) is 0 Å². The van der Waals surface area contributed by atoms with Gasteiger partial charge in [-0.15, -0.1) is 0 Å². The van der Waals surface area contributed by atoms with Gasteiger partial charge in [0, 0.05) is 0 Å². The molecule has 4 N–H and O–H groups in total. The summed E-state index contributed by atoms with van der Waals surface area (Å²) in [5, 5.41) is 9.50. The maximum absolute atomic E-state index is 12.8. The second kappa shape index (κ2) is 7.29. The summed E-state index contributed by atoms with van der Waals surface area (Å²) in [5.41, 5.74) is 4.80. The average molecular weight is 334 g/mol. The molecule has 0 heterocycles. The lowest BCUT2D eigenvalue weighted by Gasteiger charge is -2.19. The van der Waals surface area contributed by atoms with Crippen molar-refractivity contribution >= 4 is 21.9 Å². The van der Waals surface area contributed by atoms with E-state index in [0.717, 1.165) is 31.2 Å². The predicted molar refractivity (Wildman–Crippen MR) is 72.3 cm³/mol. The molecule has 1 amide bonds. The summed E-state index contributed by atoms with van der Waals surface area (Å²) in [6, 6.07) is 2.19. The molecule has 0 fully saturated rings. The summed E-state index contributed by atoms with van der Waals surface area (Å²) in [7, 11) is -4.20. The van der Waals surface area contributed by atoms with E-state index in [9.17, 15) is 27.5 Å². The summed E-state index contributed by atoms with van der Waals surface area (Å²) in [6.07, 6.45) is -1.43. The van der Waals surface area contributed by atoms with Crippen molar-refractivity contribution < 1.29 is 32.2 Å². The Morgan fingerprint density at radius 2 is 1.91 bits per heavy atom. The second-order valence-electron chi connectivity index (χ2n) is 4.37. The molecule has 0 saturated carbocycles. The molecule has 22 heavy (non-hydrogen) atoms. The van der Waals surface area contributed by atoms with Crippen LogP contribution in [0.3, 0.4) is 0 Å². The lowest BCUT2D eigenvalue weighted by Crippen LogP contribution is -2.48. The van der Waals surface area contributed by atoms with Gasteiger partial charge in [-0.25, -0.2) is 12.8 Å². The monoisotopic (exact) mass is 334 g/mol. The van der Waals surface area contributed by atoms with Crippen molar-refractivity contribution in [1.82, 2.24) is 4.72 Å². The van der Waals surface area contributed by atoms with Crippen LogP contribution in [0, 0.1) is 5.82 Å². The summed E-state index contributed by atoms with van der Waals surface area (Å²) in [6.45, 7) is 0.406. The molecule has 0 aliphatic heterocycles. The molecule has 0 unspecified atom stereocenters. The number of aliphatic hydroxyl groups is 1. The standard InChI is InChI=1S/C12H15FN2O6S/c1-7(16)11(12(18)21-6-10(14)17)15-22(19,20)9-4-2-8(13)3-5-9/h2-5,7,11,15-16H,6H2,1H3,(H2,14,17)/t7-,11-/m0/s1. The van der Waals surface area contributed by atoms with Gasteiger partial charge in [-0.05, 0) is 31.2 Å². The first-order chi connectivity index (χ1) is 10.1. The highest BCUT2D eigenvalue weighted by Gasteiger charge is 2.31. The number of aliphatic hydroxyl groups excluding tert-OH is 1. The van der Waals surface area contributed by atoms with Gasteiger partial charge in [0.2, 0.25) is 10.0 Å². The number of primary amides is 1. The number of nitrogens with two attached hydrogens (primary N) is 1. The first-order valence-corrected chi connectivity index (χ1v) is 7.52. The second-order valence-corrected chi connectivity index (χ2v) is 6.08. The molecule has 0 bridgehead atoms. The van der Waals surface area contributed by atoms with Crippen molar-refractivity contribution in [1.29, 1.82) is 0 Å². The quantitative estimate of drug-likeness (QED) is 0.541. The minimum absolute atomic E-state index is 0.303. The summed E-state index contributed by atoms with van der Waals surface area (Å²) in [4.78, 5) is 21.9. The molecule has 0 saturated heterocycles. The first-order valence-electron chi connectivity index (χ1n) is 6.04. The maximum atomic E-state index is 12.8. The van der Waals surface area contributed by atoms with Gasteiger partial charge in [-0.3, -0.25) is 9.59 Å². The van der Waals surface area contributed by atoms with E-state index in [2.05, 4.69) is 4.74 Å². The number of benzene rings is 1. The zero-order valence-corrected chi connectivity index (χ0v) is 12.3. The molecule has 1 aromatic carbocycles. The highest BCUT2D eigenvalue weighted by Crippen LogP contribution is 2.11. The molecule has 1 aromatic rings. The van der Waals surface area contributed by atoms with Crippen LogP contribution in [0.2, 0.25) is 0 Å². The lowest BCUT2D eigenvalue weighted by molar-refractivity contribution is -0.151. The van der Waals surface area contributed by atoms with Crippen LogP contribution in [0.5, 0.6) is 0 Å². The molecule has 10 heteroatoms. The minimum atomic E-state index is -4.20. The van der Waals surface area contributed by atoms with E-state index in [1.165, 1.54) is 0 Å². The van der Waals surface area contributed by atoms with E-state index in [-0.39, 0.29) is 4.90 Å². The molecule has 2 atom stereocenters. The number of carbonyl (C=O) groups is 2. The number of nitrogens with one attached hydrogen (secondary N) is 1. The van der Waals surface area contributed by atoms with E-state index >= 15 is 0 Å². The van der Waals surface area contributed by atoms with Crippen molar-refractivity contribution in [2.75, 3.05) is 6.61 Å². The molecular formula is C12H15FN2O6S. The number of carbonyl (C=O) groups excluding carboxylic acids is 2. The van der Waals surface area contributed by atoms with E-state index in [0.29, 0.717) is 0 Å². The van der Waals surface area contributed by atoms with Crippen LogP contribution >= 0.6 is 0 Å². The van der Waals surface area contributed by atoms with Crippen LogP contribution in [0.4, 0.5) is 4.39 Å². The third-order valence-corrected chi connectivity index (χ3v) is 3.96. The van der Waals surface area contributed by atoms with Crippen LogP contribution < -0.4 is 10.5 Å². The summed E-state index contributed by atoms with van der Waals surface area (Å²) >= 11 is 0. The van der Waals surface area contributed by atoms with Crippen LogP contribution in [0.15, 0.2) is 29.2 Å². The Morgan fingerprint density at radius 1 is 1.36 bits per heavy atom. The Hall–Kier alpha value is -2.04. The molecule has 8 nitrogen and oxygen atoms in total. The maximum Gasteiger partial charge on any atom is 0.327 e. The first kappa shape index (κ1) is 18.0. The number of hydrogen-bond acceptors (Lipinski definition) is 6. The molecule has 122 valence electrons. The molecular weight excluding hydrogens is 319 g/mol. The van der Waals surface area contributed by atoms with Crippen LogP contribution in [0.25, 0.3) is 0 Å². The van der Waals surface area contributed by atoms with Crippen molar-refractivity contribution in [2.45, 2.75) is 24.0 Å². The van der Waals surface area contributed by atoms with Crippen LogP contribution in [0.1, 0.15) is 6.92 Å². The van der Waals surface area contributed by atoms with E-state index < -0.39 is 46.5 Å². The topological polar surface area (TPSA) is 136 Å². The zero-order valence-electron chi connectivity index (χ0n) is 11.5. The van der Waals surface area contributed by atoms with Gasteiger partial charge in [0.05, 0.1) is 11.0 Å². The number of halogens is 1. The third kappa shape index (κ3) is 5.06. The Balaban J connectivity index is 2.92. The summed E-state index contributed by atoms with van der Waals surface area (Å²) < 4.78 is 43.3. The van der Waals surface area contributed by atoms with E-state index in [1.54, 1.807) is 0 Å². The van der Waals surface area contributed by atoms with Crippen molar-refractivity contribution in [3.63, 3.8) is 0 Å². The highest BCUT2D eigenvalue weighted by molar-refractivity contribution is 7.89. The lowest BCUT2D eigenvalue weighted by atomic mass is 10.2. The fraction of sp³-hybridized carbons (Fsp3) is 0.333. The predicted octanol–water partition coefficient (Wildman–Crippen LogP) is -1.12. The Kier molecular flexibility index (Phi) is 5.97.